The summed E-state index contributed by atoms with van der Waals surface area (Å²) in [5, 5.41) is 8.97. The van der Waals surface area contributed by atoms with Gasteiger partial charge in [0.2, 0.25) is 0 Å². The Labute approximate surface area is 86.2 Å². The van der Waals surface area contributed by atoms with Gasteiger partial charge in [0, 0.05) is 5.56 Å². The summed E-state index contributed by atoms with van der Waals surface area (Å²) in [6.45, 7) is 1.79. The van der Waals surface area contributed by atoms with E-state index in [0.29, 0.717) is 5.56 Å². The van der Waals surface area contributed by atoms with Crippen molar-refractivity contribution in [3.8, 4) is 0 Å². The fourth-order valence-electron chi connectivity index (χ4n) is 1.38. The molecule has 0 saturated heterocycles. The van der Waals surface area contributed by atoms with Crippen molar-refractivity contribution in [2.75, 3.05) is 6.54 Å². The number of aliphatic carboxylic acids is 1. The number of nitrogens with two attached hydrogens (primary N) is 1. The van der Waals surface area contributed by atoms with E-state index in [9.17, 15) is 9.59 Å². The molecule has 1 rings (SSSR count). The smallest absolute Gasteiger partial charge is 0.312 e. The number of aromatic nitrogens is 2. The SMILES string of the molecule is Cc1c(C(CCN)C(=O)O)nc[nH]c1=O. The first-order valence-electron chi connectivity index (χ1n) is 4.55. The van der Waals surface area contributed by atoms with Crippen molar-refractivity contribution in [3.05, 3.63) is 27.9 Å². The molecule has 82 valence electrons. The second-order valence-electron chi connectivity index (χ2n) is 3.21. The maximum absolute atomic E-state index is 11.3. The molecule has 1 aromatic rings. The van der Waals surface area contributed by atoms with Crippen LogP contribution in [-0.2, 0) is 4.79 Å². The molecule has 1 unspecified atom stereocenters. The fourth-order valence-corrected chi connectivity index (χ4v) is 1.38. The predicted molar refractivity (Wildman–Crippen MR) is 53.6 cm³/mol. The Morgan fingerprint density at radius 1 is 1.73 bits per heavy atom. The predicted octanol–water partition coefficient (Wildman–Crippen LogP) is -0.405. The first-order valence-corrected chi connectivity index (χ1v) is 4.55. The molecule has 1 aromatic heterocycles. The minimum absolute atomic E-state index is 0.241. The lowest BCUT2D eigenvalue weighted by Crippen LogP contribution is -2.22. The number of nitrogens with zero attached hydrogens (tertiary/aromatic N) is 1. The molecule has 0 saturated carbocycles. The molecule has 1 atom stereocenters. The molecule has 0 aliphatic heterocycles. The lowest BCUT2D eigenvalue weighted by Gasteiger charge is -2.11. The third-order valence-electron chi connectivity index (χ3n) is 2.21. The molecular formula is C9H13N3O3. The number of carboxylic acids is 1. The highest BCUT2D eigenvalue weighted by atomic mass is 16.4. The van der Waals surface area contributed by atoms with Crippen LogP contribution in [0.25, 0.3) is 0 Å². The Hall–Kier alpha value is -1.69. The topological polar surface area (TPSA) is 109 Å². The molecule has 0 aromatic carbocycles. The van der Waals surface area contributed by atoms with Gasteiger partial charge in [0.15, 0.2) is 0 Å². The first kappa shape index (κ1) is 11.4. The summed E-state index contributed by atoms with van der Waals surface area (Å²) >= 11 is 0. The summed E-state index contributed by atoms with van der Waals surface area (Å²) in [5.41, 5.74) is 5.62. The number of nitrogens with one attached hydrogen (secondary N) is 1. The third kappa shape index (κ3) is 2.41. The Morgan fingerprint density at radius 3 is 2.93 bits per heavy atom. The molecule has 0 fully saturated rings. The van der Waals surface area contributed by atoms with E-state index in [2.05, 4.69) is 9.97 Å². The highest BCUT2D eigenvalue weighted by molar-refractivity contribution is 5.75. The van der Waals surface area contributed by atoms with Crippen LogP contribution in [0.4, 0.5) is 0 Å². The largest absolute Gasteiger partial charge is 0.481 e. The van der Waals surface area contributed by atoms with Crippen molar-refractivity contribution in [1.29, 1.82) is 0 Å². The van der Waals surface area contributed by atoms with Gasteiger partial charge in [0.05, 0.1) is 12.0 Å². The molecule has 0 spiro atoms. The second kappa shape index (κ2) is 4.70. The van der Waals surface area contributed by atoms with Crippen LogP contribution in [0, 0.1) is 6.92 Å². The minimum Gasteiger partial charge on any atom is -0.481 e. The van der Waals surface area contributed by atoms with E-state index in [4.69, 9.17) is 10.8 Å². The third-order valence-corrected chi connectivity index (χ3v) is 2.21. The summed E-state index contributed by atoms with van der Waals surface area (Å²) in [5.74, 6) is -1.82. The van der Waals surface area contributed by atoms with Crippen molar-refractivity contribution in [1.82, 2.24) is 9.97 Å². The average molecular weight is 211 g/mol. The number of hydrogen-bond acceptors (Lipinski definition) is 4. The van der Waals surface area contributed by atoms with Gasteiger partial charge in [-0.05, 0) is 19.9 Å². The molecule has 0 aliphatic carbocycles. The molecular weight excluding hydrogens is 198 g/mol. The summed E-state index contributed by atoms with van der Waals surface area (Å²) in [6, 6.07) is 0. The molecule has 6 nitrogen and oxygen atoms in total. The number of aromatic amines is 1. The summed E-state index contributed by atoms with van der Waals surface area (Å²) in [6.07, 6.45) is 1.48. The molecule has 1 heterocycles. The maximum Gasteiger partial charge on any atom is 0.312 e. The molecule has 0 radical (unpaired) electrons. The van der Waals surface area contributed by atoms with Crippen LogP contribution in [-0.4, -0.2) is 27.6 Å². The van der Waals surface area contributed by atoms with Crippen LogP contribution in [0.1, 0.15) is 23.6 Å². The van der Waals surface area contributed by atoms with Crippen LogP contribution < -0.4 is 11.3 Å². The van der Waals surface area contributed by atoms with Gasteiger partial charge in [0.1, 0.15) is 5.92 Å². The molecule has 6 heteroatoms. The van der Waals surface area contributed by atoms with Crippen LogP contribution in [0.15, 0.2) is 11.1 Å². The highest BCUT2D eigenvalue weighted by Gasteiger charge is 2.23. The van der Waals surface area contributed by atoms with Gasteiger partial charge >= 0.3 is 5.97 Å². The van der Waals surface area contributed by atoms with Crippen molar-refractivity contribution in [2.24, 2.45) is 5.73 Å². The van der Waals surface area contributed by atoms with Crippen LogP contribution in [0.3, 0.4) is 0 Å². The monoisotopic (exact) mass is 211 g/mol. The summed E-state index contributed by atoms with van der Waals surface area (Å²) < 4.78 is 0. The molecule has 0 bridgehead atoms. The van der Waals surface area contributed by atoms with Crippen molar-refractivity contribution in [3.63, 3.8) is 0 Å². The van der Waals surface area contributed by atoms with Crippen LogP contribution >= 0.6 is 0 Å². The Kier molecular flexibility index (Phi) is 3.56. The van der Waals surface area contributed by atoms with E-state index < -0.39 is 11.9 Å². The number of carbonyl (C=O) groups is 1. The van der Waals surface area contributed by atoms with Crippen LogP contribution in [0.2, 0.25) is 0 Å². The van der Waals surface area contributed by atoms with Crippen molar-refractivity contribution >= 4 is 5.97 Å². The van der Waals surface area contributed by atoms with Gasteiger partial charge in [-0.1, -0.05) is 0 Å². The summed E-state index contributed by atoms with van der Waals surface area (Å²) in [7, 11) is 0. The van der Waals surface area contributed by atoms with Gasteiger partial charge < -0.3 is 15.8 Å². The van der Waals surface area contributed by atoms with E-state index in [-0.39, 0.29) is 24.2 Å². The van der Waals surface area contributed by atoms with Crippen LogP contribution in [0.5, 0.6) is 0 Å². The van der Waals surface area contributed by atoms with E-state index in [1.807, 2.05) is 0 Å². The zero-order valence-electron chi connectivity index (χ0n) is 8.36. The zero-order chi connectivity index (χ0) is 11.4. The van der Waals surface area contributed by atoms with E-state index in [1.54, 1.807) is 6.92 Å². The number of carboxylic acid groups (broad SMARTS) is 1. The number of H-pyrrole nitrogens is 1. The second-order valence-corrected chi connectivity index (χ2v) is 3.21. The maximum atomic E-state index is 11.3. The molecule has 4 N–H and O–H groups in total. The van der Waals surface area contributed by atoms with Gasteiger partial charge in [-0.3, -0.25) is 9.59 Å². The fraction of sp³-hybridized carbons (Fsp3) is 0.444. The van der Waals surface area contributed by atoms with Crippen molar-refractivity contribution < 1.29 is 9.90 Å². The molecule has 15 heavy (non-hydrogen) atoms. The Balaban J connectivity index is 3.17. The number of hydrogen-bond donors (Lipinski definition) is 3. The van der Waals surface area contributed by atoms with Gasteiger partial charge in [-0.15, -0.1) is 0 Å². The van der Waals surface area contributed by atoms with E-state index >= 15 is 0 Å². The lowest BCUT2D eigenvalue weighted by atomic mass is 9.98. The Bertz CT molecular complexity index is 413. The van der Waals surface area contributed by atoms with Gasteiger partial charge in [-0.2, -0.15) is 0 Å². The number of rotatable bonds is 4. The van der Waals surface area contributed by atoms with Crippen molar-refractivity contribution in [2.45, 2.75) is 19.3 Å². The van der Waals surface area contributed by atoms with Gasteiger partial charge in [-0.25, -0.2) is 4.98 Å². The molecule has 0 aliphatic rings. The van der Waals surface area contributed by atoms with E-state index in [1.165, 1.54) is 6.33 Å². The lowest BCUT2D eigenvalue weighted by molar-refractivity contribution is -0.139. The normalized spacial score (nSPS) is 12.4. The Morgan fingerprint density at radius 2 is 2.40 bits per heavy atom. The van der Waals surface area contributed by atoms with E-state index in [0.717, 1.165) is 0 Å². The molecule has 0 amide bonds. The minimum atomic E-state index is -1.01. The standard InChI is InChI=1S/C9H13N3O3/c1-5-7(11-4-12-8(5)13)6(2-3-10)9(14)15/h4,6H,2-3,10H2,1H3,(H,14,15)(H,11,12,13). The highest BCUT2D eigenvalue weighted by Crippen LogP contribution is 2.18. The zero-order valence-corrected chi connectivity index (χ0v) is 8.36. The first-order chi connectivity index (χ1) is 7.07. The summed E-state index contributed by atoms with van der Waals surface area (Å²) in [4.78, 5) is 28.5. The average Bonchev–Trinajstić information content (AvgIpc) is 2.19. The quantitative estimate of drug-likeness (QED) is 0.627. The van der Waals surface area contributed by atoms with Gasteiger partial charge in [0.25, 0.3) is 5.56 Å².